The van der Waals surface area contributed by atoms with E-state index in [2.05, 4.69) is 22.5 Å². The van der Waals surface area contributed by atoms with Crippen molar-refractivity contribution >= 4 is 17.1 Å². The lowest BCUT2D eigenvalue weighted by Gasteiger charge is -2.25. The second-order valence-corrected chi connectivity index (χ2v) is 6.25. The monoisotopic (exact) mass is 336 g/mol. The van der Waals surface area contributed by atoms with Gasteiger partial charge in [-0.2, -0.15) is 5.10 Å². The Morgan fingerprint density at radius 3 is 2.68 bits per heavy atom. The predicted molar refractivity (Wildman–Crippen MR) is 96.6 cm³/mol. The number of carbonyl (C=O) groups is 1. The molecule has 25 heavy (non-hydrogen) atoms. The summed E-state index contributed by atoms with van der Waals surface area (Å²) in [5.41, 5.74) is 9.73. The number of anilines is 1. The largest absolute Gasteiger partial charge is 0.381 e. The summed E-state index contributed by atoms with van der Waals surface area (Å²) in [5.74, 6) is -0.480. The number of ether oxygens (including phenoxy) is 1. The van der Waals surface area contributed by atoms with Gasteiger partial charge in [0.15, 0.2) is 0 Å². The molecule has 1 saturated heterocycles. The third kappa shape index (κ3) is 3.08. The zero-order valence-corrected chi connectivity index (χ0v) is 13.8. The number of aromatic nitrogens is 2. The Bertz CT molecular complexity index is 898. The third-order valence-electron chi connectivity index (χ3n) is 4.58. The molecule has 0 bridgehead atoms. The molecule has 2 aromatic heterocycles. The number of hydrogen-bond acceptors (Lipinski definition) is 4. The number of nitrogens with two attached hydrogens (primary N) is 1. The highest BCUT2D eigenvalue weighted by molar-refractivity contribution is 6.02. The lowest BCUT2D eigenvalue weighted by Crippen LogP contribution is -2.29. The predicted octanol–water partition coefficient (Wildman–Crippen LogP) is 2.69. The average molecular weight is 336 g/mol. The van der Waals surface area contributed by atoms with Gasteiger partial charge in [0.05, 0.1) is 23.0 Å². The number of fused-ring (bicyclic) bond motifs is 1. The number of primary amides is 1. The molecule has 1 fully saturated rings. The first-order valence-corrected chi connectivity index (χ1v) is 8.43. The summed E-state index contributed by atoms with van der Waals surface area (Å²) >= 11 is 0. The summed E-state index contributed by atoms with van der Waals surface area (Å²) in [6, 6.07) is 12.4. The number of rotatable bonds is 4. The molecule has 128 valence electrons. The van der Waals surface area contributed by atoms with Gasteiger partial charge in [-0.3, -0.25) is 4.79 Å². The molecule has 6 nitrogen and oxygen atoms in total. The Kier molecular flexibility index (Phi) is 4.11. The van der Waals surface area contributed by atoms with Gasteiger partial charge in [0.1, 0.15) is 0 Å². The van der Waals surface area contributed by atoms with Gasteiger partial charge in [0, 0.05) is 31.0 Å². The Morgan fingerprint density at radius 1 is 1.20 bits per heavy atom. The minimum absolute atomic E-state index is 0.258. The van der Waals surface area contributed by atoms with Gasteiger partial charge in [-0.05, 0) is 24.5 Å². The van der Waals surface area contributed by atoms with Crippen molar-refractivity contribution in [3.63, 3.8) is 0 Å². The molecule has 1 amide bonds. The number of hydrogen-bond donors (Lipinski definition) is 2. The lowest BCUT2D eigenvalue weighted by molar-refractivity contribution is 0.0904. The van der Waals surface area contributed by atoms with Crippen molar-refractivity contribution in [1.29, 1.82) is 0 Å². The van der Waals surface area contributed by atoms with E-state index in [-0.39, 0.29) is 6.04 Å². The molecule has 1 aromatic carbocycles. The van der Waals surface area contributed by atoms with Crippen LogP contribution >= 0.6 is 0 Å². The highest BCUT2D eigenvalue weighted by atomic mass is 16.5. The summed E-state index contributed by atoms with van der Waals surface area (Å²) in [4.78, 5) is 11.9. The fourth-order valence-electron chi connectivity index (χ4n) is 3.23. The molecule has 0 spiro atoms. The molecule has 0 saturated carbocycles. The van der Waals surface area contributed by atoms with E-state index in [4.69, 9.17) is 10.5 Å². The molecular weight excluding hydrogens is 316 g/mol. The molecule has 1 aliphatic heterocycles. The summed E-state index contributed by atoms with van der Waals surface area (Å²) in [5, 5.41) is 7.85. The topological polar surface area (TPSA) is 81.7 Å². The van der Waals surface area contributed by atoms with Crippen LogP contribution < -0.4 is 11.1 Å². The Morgan fingerprint density at radius 2 is 1.96 bits per heavy atom. The van der Waals surface area contributed by atoms with E-state index in [1.54, 1.807) is 4.52 Å². The maximum absolute atomic E-state index is 11.9. The molecule has 1 aliphatic rings. The van der Waals surface area contributed by atoms with E-state index in [0.717, 1.165) is 48.4 Å². The van der Waals surface area contributed by atoms with Crippen molar-refractivity contribution in [2.45, 2.75) is 18.9 Å². The standard InChI is InChI=1S/C19H20N4O2/c20-19(24)16-11-21-23-12-14(13-4-2-1-3-5-13)10-17(23)18(16)22-15-6-8-25-9-7-15/h1-5,10-12,15,22H,6-9H2,(H2,20,24). The van der Waals surface area contributed by atoms with Crippen molar-refractivity contribution < 1.29 is 9.53 Å². The minimum atomic E-state index is -0.480. The summed E-state index contributed by atoms with van der Waals surface area (Å²) in [6.45, 7) is 1.45. The van der Waals surface area contributed by atoms with Crippen LogP contribution in [0.15, 0.2) is 48.8 Å². The van der Waals surface area contributed by atoms with Crippen LogP contribution in [0.4, 0.5) is 5.69 Å². The fourth-order valence-corrected chi connectivity index (χ4v) is 3.23. The second kappa shape index (κ2) is 6.57. The SMILES string of the molecule is NC(=O)c1cnn2cc(-c3ccccc3)cc2c1NC1CCOCC1. The molecule has 6 heteroatoms. The van der Waals surface area contributed by atoms with E-state index in [0.29, 0.717) is 5.56 Å². The van der Waals surface area contributed by atoms with Crippen LogP contribution in [0, 0.1) is 0 Å². The minimum Gasteiger partial charge on any atom is -0.381 e. The lowest BCUT2D eigenvalue weighted by atomic mass is 10.1. The molecule has 0 radical (unpaired) electrons. The molecule has 0 atom stereocenters. The molecule has 0 unspecified atom stereocenters. The molecule has 0 aliphatic carbocycles. The highest BCUT2D eigenvalue weighted by Gasteiger charge is 2.20. The number of amides is 1. The summed E-state index contributed by atoms with van der Waals surface area (Å²) in [7, 11) is 0. The number of nitrogens with one attached hydrogen (secondary N) is 1. The van der Waals surface area contributed by atoms with Crippen LogP contribution in [0.2, 0.25) is 0 Å². The Labute approximate surface area is 145 Å². The van der Waals surface area contributed by atoms with Crippen molar-refractivity contribution in [2.24, 2.45) is 5.73 Å². The number of nitrogens with zero attached hydrogens (tertiary/aromatic N) is 2. The molecule has 4 rings (SSSR count). The first kappa shape index (κ1) is 15.7. The maximum atomic E-state index is 11.9. The summed E-state index contributed by atoms with van der Waals surface area (Å²) < 4.78 is 7.20. The quantitative estimate of drug-likeness (QED) is 0.767. The van der Waals surface area contributed by atoms with E-state index < -0.39 is 5.91 Å². The first-order valence-electron chi connectivity index (χ1n) is 8.43. The Hall–Kier alpha value is -2.86. The van der Waals surface area contributed by atoms with Crippen LogP contribution in [0.25, 0.3) is 16.6 Å². The van der Waals surface area contributed by atoms with Gasteiger partial charge in [-0.15, -0.1) is 0 Å². The van der Waals surface area contributed by atoms with Gasteiger partial charge in [0.25, 0.3) is 5.91 Å². The Balaban J connectivity index is 1.80. The van der Waals surface area contributed by atoms with Gasteiger partial charge in [0.2, 0.25) is 0 Å². The van der Waals surface area contributed by atoms with Gasteiger partial charge in [-0.1, -0.05) is 30.3 Å². The molecule has 3 N–H and O–H groups in total. The van der Waals surface area contributed by atoms with Crippen LogP contribution in [-0.4, -0.2) is 34.8 Å². The van der Waals surface area contributed by atoms with Crippen molar-refractivity contribution in [2.75, 3.05) is 18.5 Å². The number of carbonyl (C=O) groups excluding carboxylic acids is 1. The molecular formula is C19H20N4O2. The van der Waals surface area contributed by atoms with Crippen LogP contribution in [0.1, 0.15) is 23.2 Å². The molecule has 3 aromatic rings. The maximum Gasteiger partial charge on any atom is 0.252 e. The van der Waals surface area contributed by atoms with Crippen molar-refractivity contribution in [1.82, 2.24) is 9.61 Å². The third-order valence-corrected chi connectivity index (χ3v) is 4.58. The van der Waals surface area contributed by atoms with E-state index in [9.17, 15) is 4.79 Å². The van der Waals surface area contributed by atoms with Crippen LogP contribution in [0.3, 0.4) is 0 Å². The highest BCUT2D eigenvalue weighted by Crippen LogP contribution is 2.29. The zero-order valence-electron chi connectivity index (χ0n) is 13.8. The van der Waals surface area contributed by atoms with E-state index in [1.807, 2.05) is 30.5 Å². The van der Waals surface area contributed by atoms with Gasteiger partial charge >= 0.3 is 0 Å². The van der Waals surface area contributed by atoms with Crippen LogP contribution in [-0.2, 0) is 4.74 Å². The number of benzene rings is 1. The van der Waals surface area contributed by atoms with E-state index >= 15 is 0 Å². The molecule has 3 heterocycles. The smallest absolute Gasteiger partial charge is 0.252 e. The van der Waals surface area contributed by atoms with Gasteiger partial charge in [-0.25, -0.2) is 4.52 Å². The van der Waals surface area contributed by atoms with Crippen molar-refractivity contribution in [3.05, 3.63) is 54.4 Å². The second-order valence-electron chi connectivity index (χ2n) is 6.25. The summed E-state index contributed by atoms with van der Waals surface area (Å²) in [6.07, 6.45) is 5.30. The van der Waals surface area contributed by atoms with Crippen molar-refractivity contribution in [3.8, 4) is 11.1 Å². The zero-order chi connectivity index (χ0) is 17.2. The van der Waals surface area contributed by atoms with Crippen LogP contribution in [0.5, 0.6) is 0 Å². The average Bonchev–Trinajstić information content (AvgIpc) is 3.08. The van der Waals surface area contributed by atoms with Gasteiger partial charge < -0.3 is 15.8 Å². The first-order chi connectivity index (χ1) is 12.2. The fraction of sp³-hybridized carbons (Fsp3) is 0.263. The van der Waals surface area contributed by atoms with E-state index in [1.165, 1.54) is 6.20 Å². The normalized spacial score (nSPS) is 15.4.